The fourth-order valence-corrected chi connectivity index (χ4v) is 2.88. The minimum Gasteiger partial charge on any atom is -0.306 e. The van der Waals surface area contributed by atoms with Gasteiger partial charge in [0, 0.05) is 17.8 Å². The second kappa shape index (κ2) is 5.37. The molecule has 1 fully saturated rings. The van der Waals surface area contributed by atoms with Crippen LogP contribution in [0.2, 0.25) is 0 Å². The molecule has 2 aromatic rings. The maximum atomic E-state index is 13.8. The Kier molecular flexibility index (Phi) is 3.57. The molecule has 4 heteroatoms. The maximum absolute atomic E-state index is 13.8. The van der Waals surface area contributed by atoms with Crippen LogP contribution in [-0.4, -0.2) is 15.6 Å². The van der Waals surface area contributed by atoms with E-state index in [0.717, 1.165) is 17.8 Å². The summed E-state index contributed by atoms with van der Waals surface area (Å²) in [5, 5.41) is 3.60. The number of imidazole rings is 1. The van der Waals surface area contributed by atoms with Crippen LogP contribution in [0.4, 0.5) is 4.39 Å². The van der Waals surface area contributed by atoms with Gasteiger partial charge in [-0.15, -0.1) is 0 Å². The summed E-state index contributed by atoms with van der Waals surface area (Å²) in [6.45, 7) is 3.98. The van der Waals surface area contributed by atoms with E-state index >= 15 is 0 Å². The van der Waals surface area contributed by atoms with Crippen molar-refractivity contribution in [1.29, 1.82) is 0 Å². The topological polar surface area (TPSA) is 29.9 Å². The largest absolute Gasteiger partial charge is 0.306 e. The van der Waals surface area contributed by atoms with Crippen molar-refractivity contribution in [2.75, 3.05) is 0 Å². The van der Waals surface area contributed by atoms with E-state index in [-0.39, 0.29) is 5.82 Å². The Morgan fingerprint density at radius 1 is 1.35 bits per heavy atom. The molecule has 0 radical (unpaired) electrons. The molecule has 2 atom stereocenters. The number of benzene rings is 1. The van der Waals surface area contributed by atoms with Gasteiger partial charge in [0.1, 0.15) is 5.82 Å². The monoisotopic (exact) mass is 273 g/mol. The number of hydrogen-bond donors (Lipinski definition) is 1. The van der Waals surface area contributed by atoms with Crippen LogP contribution in [0.5, 0.6) is 0 Å². The molecule has 1 aromatic heterocycles. The third kappa shape index (κ3) is 2.48. The second-order valence-corrected chi connectivity index (χ2v) is 5.67. The first-order valence-corrected chi connectivity index (χ1v) is 7.20. The number of aromatic nitrogens is 2. The zero-order valence-corrected chi connectivity index (χ0v) is 11.9. The molecule has 0 saturated carbocycles. The molecule has 2 heterocycles. The summed E-state index contributed by atoms with van der Waals surface area (Å²) in [7, 11) is 0. The molecule has 0 aliphatic carbocycles. The predicted octanol–water partition coefficient (Wildman–Crippen LogP) is 3.52. The zero-order valence-electron chi connectivity index (χ0n) is 11.9. The normalized spacial score (nSPS) is 22.9. The van der Waals surface area contributed by atoms with E-state index in [1.165, 1.54) is 12.8 Å². The van der Waals surface area contributed by atoms with E-state index in [9.17, 15) is 4.39 Å². The van der Waals surface area contributed by atoms with Crippen molar-refractivity contribution in [1.82, 2.24) is 14.9 Å². The summed E-state index contributed by atoms with van der Waals surface area (Å²) < 4.78 is 15.7. The number of nitrogens with one attached hydrogen (secondary N) is 1. The zero-order chi connectivity index (χ0) is 14.1. The van der Waals surface area contributed by atoms with Gasteiger partial charge >= 0.3 is 0 Å². The van der Waals surface area contributed by atoms with Gasteiger partial charge in [0.2, 0.25) is 0 Å². The molecule has 0 spiro atoms. The van der Waals surface area contributed by atoms with E-state index in [4.69, 9.17) is 0 Å². The van der Waals surface area contributed by atoms with Crippen LogP contribution in [-0.2, 0) is 0 Å². The molecule has 3 nitrogen and oxygen atoms in total. The molecule has 1 aromatic carbocycles. The molecule has 0 bridgehead atoms. The molecule has 0 amide bonds. The third-order valence-corrected chi connectivity index (χ3v) is 4.07. The first kappa shape index (κ1) is 13.3. The van der Waals surface area contributed by atoms with Gasteiger partial charge in [-0.05, 0) is 50.8 Å². The van der Waals surface area contributed by atoms with Crippen molar-refractivity contribution in [3.63, 3.8) is 0 Å². The number of rotatable bonds is 2. The predicted molar refractivity (Wildman–Crippen MR) is 77.4 cm³/mol. The van der Waals surface area contributed by atoms with Crippen LogP contribution < -0.4 is 5.32 Å². The first-order chi connectivity index (χ1) is 9.65. The van der Waals surface area contributed by atoms with Gasteiger partial charge in [0.25, 0.3) is 0 Å². The number of aryl methyl sites for hydroxylation is 1. The molecule has 1 saturated heterocycles. The van der Waals surface area contributed by atoms with Crippen LogP contribution in [0.25, 0.3) is 5.69 Å². The summed E-state index contributed by atoms with van der Waals surface area (Å²) in [6.07, 6.45) is 7.17. The highest BCUT2D eigenvalue weighted by molar-refractivity contribution is 5.37. The lowest BCUT2D eigenvalue weighted by Gasteiger charge is -2.29. The van der Waals surface area contributed by atoms with Gasteiger partial charge in [0.05, 0.1) is 18.2 Å². The van der Waals surface area contributed by atoms with E-state index in [0.29, 0.717) is 17.6 Å². The lowest BCUT2D eigenvalue weighted by Crippen LogP contribution is -2.35. The number of piperidine rings is 1. The van der Waals surface area contributed by atoms with E-state index in [2.05, 4.69) is 17.2 Å². The highest BCUT2D eigenvalue weighted by Gasteiger charge is 2.22. The summed E-state index contributed by atoms with van der Waals surface area (Å²) in [4.78, 5) is 4.25. The molecule has 20 heavy (non-hydrogen) atoms. The Labute approximate surface area is 118 Å². The van der Waals surface area contributed by atoms with Gasteiger partial charge in [-0.2, -0.15) is 0 Å². The fourth-order valence-electron chi connectivity index (χ4n) is 2.88. The Bertz CT molecular complexity index is 606. The summed E-state index contributed by atoms with van der Waals surface area (Å²) >= 11 is 0. The molecule has 106 valence electrons. The molecule has 1 aliphatic rings. The van der Waals surface area contributed by atoms with Crippen LogP contribution in [0.15, 0.2) is 30.7 Å². The van der Waals surface area contributed by atoms with Crippen molar-refractivity contribution in [2.45, 2.75) is 45.2 Å². The van der Waals surface area contributed by atoms with Gasteiger partial charge in [0.15, 0.2) is 0 Å². The Balaban J connectivity index is 1.95. The molecule has 3 rings (SSSR count). The van der Waals surface area contributed by atoms with Gasteiger partial charge in [-0.25, -0.2) is 9.37 Å². The fraction of sp³-hybridized carbons (Fsp3) is 0.438. The number of nitrogens with zero attached hydrogens (tertiary/aromatic N) is 2. The Morgan fingerprint density at radius 2 is 2.20 bits per heavy atom. The SMILES string of the molecule is Cc1ccc(-n2cncc2C2CCCC(C)N2)cc1F. The van der Waals surface area contributed by atoms with E-state index in [1.807, 2.05) is 22.9 Å². The van der Waals surface area contributed by atoms with Gasteiger partial charge in [-0.3, -0.25) is 0 Å². The summed E-state index contributed by atoms with van der Waals surface area (Å²) in [6, 6.07) is 6.14. The van der Waals surface area contributed by atoms with Crippen LogP contribution in [0.3, 0.4) is 0 Å². The minimum absolute atomic E-state index is 0.174. The quantitative estimate of drug-likeness (QED) is 0.907. The van der Waals surface area contributed by atoms with Gasteiger partial charge in [-0.1, -0.05) is 6.07 Å². The van der Waals surface area contributed by atoms with Crippen molar-refractivity contribution in [3.05, 3.63) is 47.8 Å². The third-order valence-electron chi connectivity index (χ3n) is 4.07. The lowest BCUT2D eigenvalue weighted by molar-refractivity contribution is 0.334. The Morgan fingerprint density at radius 3 is 2.95 bits per heavy atom. The van der Waals surface area contributed by atoms with Gasteiger partial charge < -0.3 is 9.88 Å². The van der Waals surface area contributed by atoms with E-state index < -0.39 is 0 Å². The van der Waals surface area contributed by atoms with Crippen molar-refractivity contribution >= 4 is 0 Å². The lowest BCUT2D eigenvalue weighted by atomic mass is 9.97. The average molecular weight is 273 g/mol. The highest BCUT2D eigenvalue weighted by Crippen LogP contribution is 2.27. The minimum atomic E-state index is -0.174. The highest BCUT2D eigenvalue weighted by atomic mass is 19.1. The average Bonchev–Trinajstić information content (AvgIpc) is 2.91. The molecular weight excluding hydrogens is 253 g/mol. The van der Waals surface area contributed by atoms with Crippen LogP contribution in [0, 0.1) is 12.7 Å². The van der Waals surface area contributed by atoms with Crippen molar-refractivity contribution < 1.29 is 4.39 Å². The van der Waals surface area contributed by atoms with Crippen molar-refractivity contribution in [3.8, 4) is 5.69 Å². The maximum Gasteiger partial charge on any atom is 0.128 e. The summed E-state index contributed by atoms with van der Waals surface area (Å²) in [5.41, 5.74) is 2.61. The van der Waals surface area contributed by atoms with Crippen LogP contribution in [0.1, 0.15) is 43.5 Å². The van der Waals surface area contributed by atoms with Crippen LogP contribution >= 0.6 is 0 Å². The molecule has 2 unspecified atom stereocenters. The number of halogens is 1. The van der Waals surface area contributed by atoms with Crippen molar-refractivity contribution in [2.24, 2.45) is 0 Å². The number of hydrogen-bond acceptors (Lipinski definition) is 2. The first-order valence-electron chi connectivity index (χ1n) is 7.20. The smallest absolute Gasteiger partial charge is 0.128 e. The molecular formula is C16H20FN3. The van der Waals surface area contributed by atoms with E-state index in [1.54, 1.807) is 19.3 Å². The molecule has 1 N–H and O–H groups in total. The Hall–Kier alpha value is -1.68. The molecule has 1 aliphatic heterocycles. The second-order valence-electron chi connectivity index (χ2n) is 5.67. The summed E-state index contributed by atoms with van der Waals surface area (Å²) in [5.74, 6) is -0.174. The standard InChI is InChI=1S/C16H20FN3/c1-11-6-7-13(8-14(11)17)20-10-18-9-16(20)15-5-3-4-12(2)19-15/h6-10,12,15,19H,3-5H2,1-2H3.